The fraction of sp³-hybridized carbons (Fsp3) is 0.545. The van der Waals surface area contributed by atoms with Crippen molar-refractivity contribution in [3.05, 3.63) is 40.4 Å². The van der Waals surface area contributed by atoms with E-state index in [1.807, 2.05) is 38.1 Å². The van der Waals surface area contributed by atoms with E-state index in [9.17, 15) is 4.79 Å². The third-order valence-corrected chi connectivity index (χ3v) is 5.86. The van der Waals surface area contributed by atoms with Crippen molar-refractivity contribution in [1.82, 2.24) is 4.98 Å². The first-order valence-corrected chi connectivity index (χ1v) is 11.2. The number of aryl methyl sites for hydroxylation is 2. The van der Waals surface area contributed by atoms with E-state index in [-0.39, 0.29) is 5.91 Å². The van der Waals surface area contributed by atoms with Crippen molar-refractivity contribution in [3.63, 3.8) is 0 Å². The van der Waals surface area contributed by atoms with Crippen LogP contribution in [0.15, 0.2) is 24.3 Å². The summed E-state index contributed by atoms with van der Waals surface area (Å²) in [7, 11) is 0. The number of carbonyl (C=O) groups excluding carboxylic acids is 1. The van der Waals surface area contributed by atoms with Crippen LogP contribution in [0.2, 0.25) is 0 Å². The predicted octanol–water partition coefficient (Wildman–Crippen LogP) is 5.50. The van der Waals surface area contributed by atoms with Gasteiger partial charge in [-0.1, -0.05) is 50.7 Å². The number of nitrogens with zero attached hydrogens (tertiary/aromatic N) is 1. The number of rotatable bonds is 13. The molecule has 2 aromatic rings. The molecule has 5 nitrogen and oxygen atoms in total. The largest absolute Gasteiger partial charge is 0.384 e. The van der Waals surface area contributed by atoms with E-state index in [1.54, 1.807) is 0 Å². The van der Waals surface area contributed by atoms with E-state index < -0.39 is 0 Å². The van der Waals surface area contributed by atoms with Gasteiger partial charge in [-0.3, -0.25) is 10.1 Å². The lowest BCUT2D eigenvalue weighted by Crippen LogP contribution is -2.15. The highest BCUT2D eigenvalue weighted by molar-refractivity contribution is 7.15. The number of anilines is 2. The van der Waals surface area contributed by atoms with Crippen LogP contribution in [0.4, 0.5) is 10.8 Å². The maximum absolute atomic E-state index is 12.6. The molecule has 1 amide bonds. The van der Waals surface area contributed by atoms with E-state index in [1.165, 1.54) is 49.9 Å². The number of carbonyl (C=O) groups is 1. The van der Waals surface area contributed by atoms with Crippen molar-refractivity contribution in [2.24, 2.45) is 5.73 Å². The Morgan fingerprint density at radius 1 is 1.00 bits per heavy atom. The van der Waals surface area contributed by atoms with Crippen LogP contribution >= 0.6 is 11.3 Å². The van der Waals surface area contributed by atoms with Crippen molar-refractivity contribution in [3.8, 4) is 0 Å². The summed E-state index contributed by atoms with van der Waals surface area (Å²) in [6.45, 7) is 5.66. The number of aromatic nitrogens is 1. The number of hydrogen-bond donors (Lipinski definition) is 3. The van der Waals surface area contributed by atoms with Gasteiger partial charge in [-0.2, -0.15) is 0 Å². The second kappa shape index (κ2) is 12.5. The Labute approximate surface area is 173 Å². The second-order valence-electron chi connectivity index (χ2n) is 7.20. The number of thiazole rings is 1. The van der Waals surface area contributed by atoms with Crippen molar-refractivity contribution >= 4 is 28.1 Å². The van der Waals surface area contributed by atoms with E-state index >= 15 is 0 Å². The Morgan fingerprint density at radius 3 is 2.29 bits per heavy atom. The highest BCUT2D eigenvalue weighted by atomic mass is 32.1. The summed E-state index contributed by atoms with van der Waals surface area (Å²) in [6.07, 6.45) is 9.93. The van der Waals surface area contributed by atoms with Crippen molar-refractivity contribution < 1.29 is 4.79 Å². The molecule has 1 aromatic heterocycles. The van der Waals surface area contributed by atoms with Gasteiger partial charge in [0.15, 0.2) is 5.13 Å². The SMILES string of the molecule is Cc1nc(NC(=O)c2ccccc2NCCCCCCCCCCN)sc1C. The molecular formula is C22H34N4OS. The molecule has 0 aliphatic heterocycles. The van der Waals surface area contributed by atoms with Gasteiger partial charge < -0.3 is 11.1 Å². The third-order valence-electron chi connectivity index (χ3n) is 4.87. The van der Waals surface area contributed by atoms with Crippen LogP contribution in [0.1, 0.15) is 72.3 Å². The zero-order valence-corrected chi connectivity index (χ0v) is 18.0. The summed E-state index contributed by atoms with van der Waals surface area (Å²) >= 11 is 1.51. The van der Waals surface area contributed by atoms with Gasteiger partial charge in [0, 0.05) is 17.1 Å². The zero-order chi connectivity index (χ0) is 20.2. The quantitative estimate of drug-likeness (QED) is 0.386. The average Bonchev–Trinajstić information content (AvgIpc) is 3.00. The van der Waals surface area contributed by atoms with Crippen molar-refractivity contribution in [2.75, 3.05) is 23.7 Å². The van der Waals surface area contributed by atoms with Crippen LogP contribution in [0.5, 0.6) is 0 Å². The summed E-state index contributed by atoms with van der Waals surface area (Å²) < 4.78 is 0. The first kappa shape index (κ1) is 22.4. The van der Waals surface area contributed by atoms with Crippen molar-refractivity contribution in [2.45, 2.75) is 65.2 Å². The van der Waals surface area contributed by atoms with Crippen LogP contribution in [0, 0.1) is 13.8 Å². The number of nitrogens with one attached hydrogen (secondary N) is 2. The minimum atomic E-state index is -0.116. The molecule has 0 aliphatic carbocycles. The molecule has 154 valence electrons. The number of nitrogens with two attached hydrogens (primary N) is 1. The lowest BCUT2D eigenvalue weighted by Gasteiger charge is -2.11. The van der Waals surface area contributed by atoms with Gasteiger partial charge in [0.2, 0.25) is 0 Å². The molecule has 0 fully saturated rings. The normalized spacial score (nSPS) is 10.8. The minimum Gasteiger partial charge on any atom is -0.384 e. The minimum absolute atomic E-state index is 0.116. The van der Waals surface area contributed by atoms with Gasteiger partial charge in [0.05, 0.1) is 11.3 Å². The summed E-state index contributed by atoms with van der Waals surface area (Å²) in [4.78, 5) is 18.2. The van der Waals surface area contributed by atoms with E-state index in [2.05, 4.69) is 15.6 Å². The van der Waals surface area contributed by atoms with Gasteiger partial charge in [-0.25, -0.2) is 4.98 Å². The van der Waals surface area contributed by atoms with Gasteiger partial charge in [0.1, 0.15) is 0 Å². The molecule has 0 saturated carbocycles. The Morgan fingerprint density at radius 2 is 1.64 bits per heavy atom. The van der Waals surface area contributed by atoms with Crippen LogP contribution in [-0.4, -0.2) is 24.0 Å². The standard InChI is InChI=1S/C22H34N4OS/c1-17-18(2)28-22(25-17)26-21(27)19-13-9-10-14-20(19)24-16-12-8-6-4-3-5-7-11-15-23/h9-10,13-14,24H,3-8,11-12,15-16,23H2,1-2H3,(H,25,26,27). The average molecular weight is 403 g/mol. The molecule has 0 saturated heterocycles. The van der Waals surface area contributed by atoms with Crippen LogP contribution in [0.25, 0.3) is 0 Å². The van der Waals surface area contributed by atoms with E-state index in [0.29, 0.717) is 10.7 Å². The maximum Gasteiger partial charge on any atom is 0.259 e. The Kier molecular flexibility index (Phi) is 10.0. The highest BCUT2D eigenvalue weighted by Crippen LogP contribution is 2.23. The first-order valence-electron chi connectivity index (χ1n) is 10.4. The summed E-state index contributed by atoms with van der Waals surface area (Å²) in [5.74, 6) is -0.116. The Hall–Kier alpha value is -1.92. The Bertz CT molecular complexity index is 710. The fourth-order valence-electron chi connectivity index (χ4n) is 3.08. The molecule has 1 heterocycles. The summed E-state index contributed by atoms with van der Waals surface area (Å²) in [6, 6.07) is 7.66. The van der Waals surface area contributed by atoms with Gasteiger partial charge in [-0.05, 0) is 45.4 Å². The molecule has 0 unspecified atom stereocenters. The van der Waals surface area contributed by atoms with E-state index in [4.69, 9.17) is 5.73 Å². The predicted molar refractivity (Wildman–Crippen MR) is 120 cm³/mol. The molecule has 28 heavy (non-hydrogen) atoms. The second-order valence-corrected chi connectivity index (χ2v) is 8.41. The highest BCUT2D eigenvalue weighted by Gasteiger charge is 2.13. The smallest absolute Gasteiger partial charge is 0.259 e. The number of unbranched alkanes of at least 4 members (excludes halogenated alkanes) is 7. The molecule has 0 bridgehead atoms. The molecule has 0 aliphatic rings. The zero-order valence-electron chi connectivity index (χ0n) is 17.2. The first-order chi connectivity index (χ1) is 13.6. The van der Waals surface area contributed by atoms with Gasteiger partial charge in [-0.15, -0.1) is 11.3 Å². The third kappa shape index (κ3) is 7.60. The molecular weight excluding hydrogens is 368 g/mol. The topological polar surface area (TPSA) is 80.0 Å². The number of para-hydroxylation sites is 1. The molecule has 0 radical (unpaired) electrons. The molecule has 4 N–H and O–H groups in total. The fourth-order valence-corrected chi connectivity index (χ4v) is 3.89. The van der Waals surface area contributed by atoms with E-state index in [0.717, 1.165) is 42.2 Å². The molecule has 0 spiro atoms. The van der Waals surface area contributed by atoms with Crippen LogP contribution < -0.4 is 16.4 Å². The summed E-state index contributed by atoms with van der Waals surface area (Å²) in [5.41, 5.74) is 8.02. The lowest BCUT2D eigenvalue weighted by molar-refractivity contribution is 0.102. The summed E-state index contributed by atoms with van der Waals surface area (Å²) in [5, 5.41) is 7.00. The monoisotopic (exact) mass is 402 g/mol. The van der Waals surface area contributed by atoms with Gasteiger partial charge in [0.25, 0.3) is 5.91 Å². The van der Waals surface area contributed by atoms with Crippen molar-refractivity contribution in [1.29, 1.82) is 0 Å². The molecule has 6 heteroatoms. The molecule has 2 rings (SSSR count). The lowest BCUT2D eigenvalue weighted by atomic mass is 10.1. The molecule has 0 atom stereocenters. The number of amides is 1. The number of hydrogen-bond acceptors (Lipinski definition) is 5. The van der Waals surface area contributed by atoms with Gasteiger partial charge >= 0.3 is 0 Å². The maximum atomic E-state index is 12.6. The number of benzene rings is 1. The Balaban J connectivity index is 1.72. The van der Waals surface area contributed by atoms with Crippen LogP contribution in [0.3, 0.4) is 0 Å². The van der Waals surface area contributed by atoms with Crippen LogP contribution in [-0.2, 0) is 0 Å². The molecule has 1 aromatic carbocycles.